The lowest BCUT2D eigenvalue weighted by Gasteiger charge is -2.17. The Morgan fingerprint density at radius 2 is 2.20 bits per heavy atom. The fraction of sp³-hybridized carbons (Fsp3) is 0.421. The van der Waals surface area contributed by atoms with Crippen LogP contribution >= 0.6 is 11.3 Å². The zero-order valence-corrected chi connectivity index (χ0v) is 15.6. The van der Waals surface area contributed by atoms with Crippen LogP contribution in [0.15, 0.2) is 18.2 Å². The first-order chi connectivity index (χ1) is 12.0. The number of fused-ring (bicyclic) bond motifs is 1. The third-order valence-electron chi connectivity index (χ3n) is 4.47. The summed E-state index contributed by atoms with van der Waals surface area (Å²) >= 11 is 1.50. The van der Waals surface area contributed by atoms with Crippen molar-refractivity contribution in [3.05, 3.63) is 28.6 Å². The molecule has 2 heterocycles. The summed E-state index contributed by atoms with van der Waals surface area (Å²) in [6.45, 7) is 6.03. The van der Waals surface area contributed by atoms with Gasteiger partial charge >= 0.3 is 0 Å². The number of hydrogen-bond acceptors (Lipinski definition) is 4. The van der Waals surface area contributed by atoms with Gasteiger partial charge in [0.1, 0.15) is 0 Å². The van der Waals surface area contributed by atoms with E-state index < -0.39 is 0 Å². The van der Waals surface area contributed by atoms with Crippen LogP contribution in [0.3, 0.4) is 0 Å². The molecule has 0 aliphatic carbocycles. The minimum atomic E-state index is -0.00925. The maximum atomic E-state index is 12.2. The van der Waals surface area contributed by atoms with E-state index in [1.165, 1.54) is 11.3 Å². The van der Waals surface area contributed by atoms with Gasteiger partial charge in [-0.3, -0.25) is 9.59 Å². The van der Waals surface area contributed by atoms with Gasteiger partial charge in [-0.1, -0.05) is 26.3 Å². The van der Waals surface area contributed by atoms with Crippen LogP contribution in [0.4, 0.5) is 10.8 Å². The fourth-order valence-corrected chi connectivity index (χ4v) is 3.88. The second-order valence-corrected chi connectivity index (χ2v) is 7.73. The molecule has 0 fully saturated rings. The summed E-state index contributed by atoms with van der Waals surface area (Å²) in [5.41, 5.74) is 3.93. The average Bonchev–Trinajstić information content (AvgIpc) is 2.94. The number of nitrogens with zero attached hydrogens (tertiary/aromatic N) is 1. The quantitative estimate of drug-likeness (QED) is 0.834. The normalized spacial score (nSPS) is 14.6. The molecule has 1 aliphatic rings. The maximum absolute atomic E-state index is 12.2. The van der Waals surface area contributed by atoms with Gasteiger partial charge in [0, 0.05) is 28.5 Å². The average molecular weight is 357 g/mol. The number of benzene rings is 1. The highest BCUT2D eigenvalue weighted by Crippen LogP contribution is 2.34. The van der Waals surface area contributed by atoms with Gasteiger partial charge in [-0.2, -0.15) is 0 Å². The van der Waals surface area contributed by atoms with E-state index in [1.807, 2.05) is 26.0 Å². The van der Waals surface area contributed by atoms with Gasteiger partial charge < -0.3 is 10.6 Å². The van der Waals surface area contributed by atoms with Gasteiger partial charge in [0.15, 0.2) is 5.13 Å². The third kappa shape index (κ3) is 3.90. The SMILES string of the molecule is CCCC(C)C(=O)Nc1nc(-c2ccc3c(c2)CCC(=O)N3)c(C)s1. The molecule has 132 valence electrons. The van der Waals surface area contributed by atoms with Gasteiger partial charge in [-0.25, -0.2) is 4.98 Å². The highest BCUT2D eigenvalue weighted by Gasteiger charge is 2.18. The Bertz CT molecular complexity index is 813. The lowest BCUT2D eigenvalue weighted by atomic mass is 9.99. The van der Waals surface area contributed by atoms with Gasteiger partial charge in [-0.05, 0) is 37.5 Å². The molecule has 1 aromatic heterocycles. The Labute approximate surface area is 151 Å². The Balaban J connectivity index is 1.81. The monoisotopic (exact) mass is 357 g/mol. The van der Waals surface area contributed by atoms with E-state index in [-0.39, 0.29) is 17.7 Å². The molecule has 1 atom stereocenters. The van der Waals surface area contributed by atoms with Crippen molar-refractivity contribution in [3.63, 3.8) is 0 Å². The standard InChI is InChI=1S/C19H23N3O2S/c1-4-5-11(2)18(24)22-19-21-17(12(3)25-19)14-6-8-15-13(10-14)7-9-16(23)20-15/h6,8,10-11H,4-5,7,9H2,1-3H3,(H,20,23)(H,21,22,24). The number of carbonyl (C=O) groups excluding carboxylic acids is 2. The van der Waals surface area contributed by atoms with E-state index in [9.17, 15) is 9.59 Å². The molecule has 2 amide bonds. The molecule has 3 rings (SSSR count). The van der Waals surface area contributed by atoms with Crippen LogP contribution in [0.2, 0.25) is 0 Å². The van der Waals surface area contributed by atoms with Crippen LogP contribution < -0.4 is 10.6 Å². The lowest BCUT2D eigenvalue weighted by molar-refractivity contribution is -0.119. The van der Waals surface area contributed by atoms with Crippen LogP contribution in [0.1, 0.15) is 43.6 Å². The van der Waals surface area contributed by atoms with E-state index >= 15 is 0 Å². The second-order valence-electron chi connectivity index (χ2n) is 6.52. The summed E-state index contributed by atoms with van der Waals surface area (Å²) in [6.07, 6.45) is 3.13. The molecule has 0 saturated carbocycles. The molecule has 0 saturated heterocycles. The summed E-state index contributed by atoms with van der Waals surface area (Å²) in [4.78, 5) is 29.4. The minimum absolute atomic E-state index is 0.00925. The van der Waals surface area contributed by atoms with Crippen molar-refractivity contribution in [2.75, 3.05) is 10.6 Å². The van der Waals surface area contributed by atoms with Crippen LogP contribution in [0.25, 0.3) is 11.3 Å². The highest BCUT2D eigenvalue weighted by molar-refractivity contribution is 7.16. The summed E-state index contributed by atoms with van der Waals surface area (Å²) in [5.74, 6) is 0.0802. The second kappa shape index (κ2) is 7.35. The summed E-state index contributed by atoms with van der Waals surface area (Å²) in [7, 11) is 0. The predicted molar refractivity (Wildman–Crippen MR) is 102 cm³/mol. The first-order valence-corrected chi connectivity index (χ1v) is 9.51. The lowest BCUT2D eigenvalue weighted by Crippen LogP contribution is -2.20. The number of aromatic nitrogens is 1. The van der Waals surface area contributed by atoms with Crippen molar-refractivity contribution in [3.8, 4) is 11.3 Å². The molecule has 2 aromatic rings. The van der Waals surface area contributed by atoms with Crippen molar-refractivity contribution in [2.45, 2.75) is 46.5 Å². The number of carbonyl (C=O) groups is 2. The van der Waals surface area contributed by atoms with Crippen molar-refractivity contribution in [1.29, 1.82) is 0 Å². The van der Waals surface area contributed by atoms with E-state index in [1.54, 1.807) is 0 Å². The molecule has 0 spiro atoms. The van der Waals surface area contributed by atoms with E-state index in [0.717, 1.165) is 46.6 Å². The Kier molecular flexibility index (Phi) is 5.18. The number of thiazole rings is 1. The number of amides is 2. The molecule has 0 radical (unpaired) electrons. The zero-order chi connectivity index (χ0) is 18.0. The highest BCUT2D eigenvalue weighted by atomic mass is 32.1. The summed E-state index contributed by atoms with van der Waals surface area (Å²) < 4.78 is 0. The number of hydrogen-bond donors (Lipinski definition) is 2. The molecule has 1 aromatic carbocycles. The van der Waals surface area contributed by atoms with Gasteiger partial charge in [0.05, 0.1) is 5.69 Å². The maximum Gasteiger partial charge on any atom is 0.228 e. The molecule has 5 nitrogen and oxygen atoms in total. The number of anilines is 2. The Morgan fingerprint density at radius 1 is 1.40 bits per heavy atom. The molecule has 2 N–H and O–H groups in total. The van der Waals surface area contributed by atoms with Crippen molar-refractivity contribution in [2.24, 2.45) is 5.92 Å². The van der Waals surface area contributed by atoms with E-state index in [0.29, 0.717) is 11.6 Å². The number of rotatable bonds is 5. The third-order valence-corrected chi connectivity index (χ3v) is 5.36. The van der Waals surface area contributed by atoms with Crippen LogP contribution in [-0.4, -0.2) is 16.8 Å². The first kappa shape index (κ1) is 17.6. The molecular formula is C19H23N3O2S. The zero-order valence-electron chi connectivity index (χ0n) is 14.8. The first-order valence-electron chi connectivity index (χ1n) is 8.69. The Hall–Kier alpha value is -2.21. The van der Waals surface area contributed by atoms with Crippen molar-refractivity contribution < 1.29 is 9.59 Å². The molecular weight excluding hydrogens is 334 g/mol. The predicted octanol–water partition coefficient (Wildman–Crippen LogP) is 4.38. The van der Waals surface area contributed by atoms with E-state index in [2.05, 4.69) is 28.6 Å². The van der Waals surface area contributed by atoms with Gasteiger partial charge in [0.25, 0.3) is 0 Å². The van der Waals surface area contributed by atoms with Crippen LogP contribution in [-0.2, 0) is 16.0 Å². The van der Waals surface area contributed by atoms with E-state index in [4.69, 9.17) is 0 Å². The molecule has 0 bridgehead atoms. The molecule has 6 heteroatoms. The fourth-order valence-electron chi connectivity index (χ4n) is 3.04. The van der Waals surface area contributed by atoms with Crippen LogP contribution in [0.5, 0.6) is 0 Å². The van der Waals surface area contributed by atoms with Crippen molar-refractivity contribution in [1.82, 2.24) is 4.98 Å². The molecule has 1 unspecified atom stereocenters. The smallest absolute Gasteiger partial charge is 0.228 e. The van der Waals surface area contributed by atoms with Crippen LogP contribution in [0, 0.1) is 12.8 Å². The molecule has 1 aliphatic heterocycles. The van der Waals surface area contributed by atoms with Gasteiger partial charge in [0.2, 0.25) is 11.8 Å². The number of nitrogens with one attached hydrogen (secondary N) is 2. The molecule has 25 heavy (non-hydrogen) atoms. The minimum Gasteiger partial charge on any atom is -0.326 e. The number of aryl methyl sites for hydroxylation is 2. The largest absolute Gasteiger partial charge is 0.326 e. The topological polar surface area (TPSA) is 71.1 Å². The van der Waals surface area contributed by atoms with Crippen molar-refractivity contribution >= 4 is 34.0 Å². The summed E-state index contributed by atoms with van der Waals surface area (Å²) in [5, 5.41) is 6.48. The van der Waals surface area contributed by atoms with Gasteiger partial charge in [-0.15, -0.1) is 11.3 Å². The Morgan fingerprint density at radius 3 is 2.96 bits per heavy atom. The summed E-state index contributed by atoms with van der Waals surface area (Å²) in [6, 6.07) is 5.99.